The first-order valence-corrected chi connectivity index (χ1v) is 10.7. The van der Waals surface area contributed by atoms with Crippen LogP contribution in [0.2, 0.25) is 0 Å². The molecule has 3 heterocycles. The van der Waals surface area contributed by atoms with Crippen LogP contribution in [0.4, 0.5) is 0 Å². The molecule has 0 aliphatic carbocycles. The Morgan fingerprint density at radius 1 is 1.19 bits per heavy atom. The molecule has 3 aromatic heterocycles. The molecule has 0 aliphatic heterocycles. The Balaban J connectivity index is 1.39. The van der Waals surface area contributed by atoms with E-state index >= 15 is 0 Å². The average Bonchev–Trinajstić information content (AvgIpc) is 3.47. The second kappa shape index (κ2) is 10.0. The smallest absolute Gasteiger partial charge is 0.222 e. The fourth-order valence-corrected chi connectivity index (χ4v) is 3.50. The minimum absolute atomic E-state index is 0.0963. The first kappa shape index (κ1) is 21.4. The van der Waals surface area contributed by atoms with Crippen LogP contribution in [-0.4, -0.2) is 42.0 Å². The molecule has 0 radical (unpaired) electrons. The molecule has 0 unspecified atom stereocenters. The molecule has 0 saturated heterocycles. The number of rotatable bonds is 9. The van der Waals surface area contributed by atoms with E-state index in [9.17, 15) is 4.79 Å². The summed E-state index contributed by atoms with van der Waals surface area (Å²) in [7, 11) is 0. The third-order valence-corrected chi connectivity index (χ3v) is 5.12. The molecule has 32 heavy (non-hydrogen) atoms. The van der Waals surface area contributed by atoms with Crippen molar-refractivity contribution in [1.29, 1.82) is 0 Å². The maximum absolute atomic E-state index is 12.5. The van der Waals surface area contributed by atoms with E-state index in [1.807, 2.05) is 60.2 Å². The quantitative estimate of drug-likeness (QED) is 0.380. The number of aromatic nitrogens is 6. The number of carbonyl (C=O) groups is 1. The Bertz CT molecular complexity index is 1230. The summed E-state index contributed by atoms with van der Waals surface area (Å²) in [6, 6.07) is 13.2. The standard InChI is InChI=1S/C22H23N7O2S/c1-2-31-18-8-6-16(7-9-18)21-26-27-22(32)28(21)14-10-19(30)24-15-17-5-3-11-23-20(17)29-13-4-12-25-29/h3-9,11-13H,2,10,14-15H2,1H3,(H,24,30)(H,27,32). The fourth-order valence-electron chi connectivity index (χ4n) is 3.28. The third-order valence-electron chi connectivity index (χ3n) is 4.81. The van der Waals surface area contributed by atoms with E-state index in [1.165, 1.54) is 0 Å². The van der Waals surface area contributed by atoms with Crippen molar-refractivity contribution in [2.24, 2.45) is 0 Å². The maximum Gasteiger partial charge on any atom is 0.222 e. The van der Waals surface area contributed by atoms with Gasteiger partial charge in [-0.3, -0.25) is 14.5 Å². The van der Waals surface area contributed by atoms with Crippen molar-refractivity contribution in [3.05, 3.63) is 71.4 Å². The molecule has 0 bridgehead atoms. The summed E-state index contributed by atoms with van der Waals surface area (Å²) in [5.41, 5.74) is 1.76. The molecule has 0 aliphatic rings. The number of hydrogen-bond donors (Lipinski definition) is 2. The number of benzene rings is 1. The van der Waals surface area contributed by atoms with Crippen LogP contribution in [-0.2, 0) is 17.9 Å². The zero-order valence-corrected chi connectivity index (χ0v) is 18.4. The normalized spacial score (nSPS) is 10.8. The molecule has 2 N–H and O–H groups in total. The summed E-state index contributed by atoms with van der Waals surface area (Å²) < 4.78 is 9.45. The Labute approximate surface area is 190 Å². The predicted molar refractivity (Wildman–Crippen MR) is 122 cm³/mol. The lowest BCUT2D eigenvalue weighted by Gasteiger charge is -2.11. The maximum atomic E-state index is 12.5. The highest BCUT2D eigenvalue weighted by Crippen LogP contribution is 2.21. The number of hydrogen-bond acceptors (Lipinski definition) is 6. The number of H-pyrrole nitrogens is 1. The van der Waals surface area contributed by atoms with Crippen LogP contribution in [0, 0.1) is 4.77 Å². The van der Waals surface area contributed by atoms with Gasteiger partial charge in [0.1, 0.15) is 5.75 Å². The Morgan fingerprint density at radius 3 is 2.78 bits per heavy atom. The Morgan fingerprint density at radius 2 is 2.03 bits per heavy atom. The number of pyridine rings is 1. The van der Waals surface area contributed by atoms with Crippen molar-refractivity contribution in [1.82, 2.24) is 34.8 Å². The highest BCUT2D eigenvalue weighted by Gasteiger charge is 2.12. The van der Waals surface area contributed by atoms with Gasteiger partial charge in [-0.05, 0) is 55.5 Å². The van der Waals surface area contributed by atoms with Gasteiger partial charge in [-0.2, -0.15) is 10.2 Å². The summed E-state index contributed by atoms with van der Waals surface area (Å²) in [5.74, 6) is 2.06. The molecule has 0 fully saturated rings. The first-order chi connectivity index (χ1) is 15.7. The van der Waals surface area contributed by atoms with E-state index in [2.05, 4.69) is 25.6 Å². The van der Waals surface area contributed by atoms with Gasteiger partial charge in [0.2, 0.25) is 5.91 Å². The van der Waals surface area contributed by atoms with Crippen molar-refractivity contribution in [3.63, 3.8) is 0 Å². The largest absolute Gasteiger partial charge is 0.494 e. The summed E-state index contributed by atoms with van der Waals surface area (Å²) in [6.45, 7) is 3.30. The van der Waals surface area contributed by atoms with Crippen molar-refractivity contribution < 1.29 is 9.53 Å². The molecule has 1 aromatic carbocycles. The predicted octanol–water partition coefficient (Wildman–Crippen LogP) is 3.29. The number of ether oxygens (including phenoxy) is 1. The highest BCUT2D eigenvalue weighted by molar-refractivity contribution is 7.71. The fraction of sp³-hybridized carbons (Fsp3) is 0.227. The Kier molecular flexibility index (Phi) is 6.71. The molecule has 164 valence electrons. The van der Waals surface area contributed by atoms with E-state index < -0.39 is 0 Å². The lowest BCUT2D eigenvalue weighted by atomic mass is 10.2. The van der Waals surface area contributed by atoms with Crippen LogP contribution in [0.1, 0.15) is 18.9 Å². The number of nitrogens with one attached hydrogen (secondary N) is 2. The Hall–Kier alpha value is -3.79. The number of aromatic amines is 1. The van der Waals surface area contributed by atoms with Gasteiger partial charge in [-0.1, -0.05) is 6.07 Å². The lowest BCUT2D eigenvalue weighted by molar-refractivity contribution is -0.121. The lowest BCUT2D eigenvalue weighted by Crippen LogP contribution is -2.25. The monoisotopic (exact) mass is 449 g/mol. The summed E-state index contributed by atoms with van der Waals surface area (Å²) in [6.07, 6.45) is 5.46. The van der Waals surface area contributed by atoms with Crippen LogP contribution in [0.15, 0.2) is 61.1 Å². The molecule has 4 aromatic rings. The van der Waals surface area contributed by atoms with Gasteiger partial charge in [0.25, 0.3) is 0 Å². The van der Waals surface area contributed by atoms with Crippen molar-refractivity contribution >= 4 is 18.1 Å². The van der Waals surface area contributed by atoms with Gasteiger partial charge in [0.05, 0.1) is 6.61 Å². The topological polar surface area (TPSA) is 103 Å². The molecule has 0 saturated carbocycles. The number of nitrogens with zero attached hydrogens (tertiary/aromatic N) is 5. The minimum Gasteiger partial charge on any atom is -0.494 e. The second-order valence-corrected chi connectivity index (χ2v) is 7.31. The molecule has 10 heteroatoms. The van der Waals surface area contributed by atoms with E-state index in [4.69, 9.17) is 17.0 Å². The third kappa shape index (κ3) is 4.92. The van der Waals surface area contributed by atoms with E-state index in [-0.39, 0.29) is 12.3 Å². The van der Waals surface area contributed by atoms with Crippen LogP contribution < -0.4 is 10.1 Å². The summed E-state index contributed by atoms with van der Waals surface area (Å²) >= 11 is 5.37. The first-order valence-electron chi connectivity index (χ1n) is 10.2. The summed E-state index contributed by atoms with van der Waals surface area (Å²) in [4.78, 5) is 16.9. The van der Waals surface area contributed by atoms with Gasteiger partial charge >= 0.3 is 0 Å². The van der Waals surface area contributed by atoms with E-state index in [0.29, 0.717) is 36.1 Å². The molecular formula is C22H23N7O2S. The molecule has 9 nitrogen and oxygen atoms in total. The zero-order valence-electron chi connectivity index (χ0n) is 17.6. The van der Waals surface area contributed by atoms with E-state index in [0.717, 1.165) is 16.9 Å². The highest BCUT2D eigenvalue weighted by atomic mass is 32.1. The van der Waals surface area contributed by atoms with Gasteiger partial charge in [-0.15, -0.1) is 0 Å². The van der Waals surface area contributed by atoms with Crippen LogP contribution in [0.3, 0.4) is 0 Å². The molecule has 0 spiro atoms. The second-order valence-electron chi connectivity index (χ2n) is 6.92. The zero-order chi connectivity index (χ0) is 22.3. The van der Waals surface area contributed by atoms with E-state index in [1.54, 1.807) is 17.1 Å². The molecule has 1 amide bonds. The molecular weight excluding hydrogens is 426 g/mol. The van der Waals surface area contributed by atoms with Crippen LogP contribution >= 0.6 is 12.2 Å². The van der Waals surface area contributed by atoms with Gasteiger partial charge in [-0.25, -0.2) is 9.67 Å². The number of amides is 1. The van der Waals surface area contributed by atoms with Gasteiger partial charge in [0.15, 0.2) is 16.4 Å². The van der Waals surface area contributed by atoms with Crippen LogP contribution in [0.5, 0.6) is 5.75 Å². The molecule has 0 atom stereocenters. The van der Waals surface area contributed by atoms with Gasteiger partial charge < -0.3 is 10.1 Å². The number of carbonyl (C=O) groups excluding carboxylic acids is 1. The van der Waals surface area contributed by atoms with Crippen LogP contribution in [0.25, 0.3) is 17.2 Å². The van der Waals surface area contributed by atoms with Crippen molar-refractivity contribution in [2.75, 3.05) is 6.61 Å². The SMILES string of the molecule is CCOc1ccc(-c2n[nH]c(=S)n2CCC(=O)NCc2cccnc2-n2cccn2)cc1. The van der Waals surface area contributed by atoms with Crippen molar-refractivity contribution in [2.45, 2.75) is 26.4 Å². The average molecular weight is 450 g/mol. The summed E-state index contributed by atoms with van der Waals surface area (Å²) in [5, 5.41) is 14.3. The minimum atomic E-state index is -0.0963. The molecule has 4 rings (SSSR count). The van der Waals surface area contributed by atoms with Crippen molar-refractivity contribution in [3.8, 4) is 23.0 Å². The van der Waals surface area contributed by atoms with Gasteiger partial charge in [0, 0.05) is 49.2 Å².